The van der Waals surface area contributed by atoms with Gasteiger partial charge in [0.1, 0.15) is 0 Å². The zero-order valence-corrected chi connectivity index (χ0v) is 25.3. The Kier molecular flexibility index (Phi) is 7.31. The first-order chi connectivity index (χ1) is 20.2. The van der Waals surface area contributed by atoms with Gasteiger partial charge in [-0.1, -0.05) is 102 Å². The van der Waals surface area contributed by atoms with Gasteiger partial charge in [0.25, 0.3) is 0 Å². The maximum atomic E-state index is 5.19. The van der Waals surface area contributed by atoms with Crippen molar-refractivity contribution in [2.75, 3.05) is 0 Å². The van der Waals surface area contributed by atoms with Crippen LogP contribution in [0.5, 0.6) is 0 Å². The second-order valence-electron chi connectivity index (χ2n) is 11.6. The van der Waals surface area contributed by atoms with Crippen LogP contribution in [0.2, 0.25) is 0 Å². The highest BCUT2D eigenvalue weighted by molar-refractivity contribution is 5.79. The Morgan fingerprint density at radius 1 is 0.357 bits per heavy atom. The molecule has 0 aliphatic heterocycles. The van der Waals surface area contributed by atoms with Gasteiger partial charge in [0.05, 0.1) is 11.4 Å². The molecule has 206 valence electrons. The van der Waals surface area contributed by atoms with Crippen molar-refractivity contribution in [3.8, 4) is 56.2 Å². The summed E-state index contributed by atoms with van der Waals surface area (Å²) in [4.78, 5) is 10.4. The van der Waals surface area contributed by atoms with Crippen molar-refractivity contribution in [2.45, 2.75) is 41.5 Å². The fraction of sp³-hybridized carbons (Fsp3) is 0.150. The molecule has 0 N–H and O–H groups in total. The van der Waals surface area contributed by atoms with Crippen LogP contribution >= 0.6 is 0 Å². The molecule has 0 saturated heterocycles. The zero-order valence-electron chi connectivity index (χ0n) is 25.3. The van der Waals surface area contributed by atoms with Gasteiger partial charge < -0.3 is 0 Å². The van der Waals surface area contributed by atoms with Crippen LogP contribution in [0.3, 0.4) is 0 Å². The summed E-state index contributed by atoms with van der Waals surface area (Å²) in [7, 11) is 0. The number of nitrogens with zero attached hydrogens (tertiary/aromatic N) is 2. The molecule has 0 unspecified atom stereocenters. The van der Waals surface area contributed by atoms with Gasteiger partial charge in [0.15, 0.2) is 5.82 Å². The monoisotopic (exact) mass is 544 g/mol. The van der Waals surface area contributed by atoms with E-state index in [4.69, 9.17) is 9.97 Å². The van der Waals surface area contributed by atoms with E-state index in [1.165, 1.54) is 55.6 Å². The lowest BCUT2D eigenvalue weighted by atomic mass is 9.95. The molecule has 0 amide bonds. The van der Waals surface area contributed by atoms with E-state index < -0.39 is 0 Å². The standard InChI is InChI=1S/C40H36N2/c1-25-13-16-28(4)35(19-25)31-9-7-11-33(22-31)38-24-39(37-21-27(3)15-18-30(37)6)42-40(41-38)34-12-8-10-32(23-34)36-20-26(2)14-17-29(36)5/h7-24H,1-6H3. The number of rotatable bonds is 5. The van der Waals surface area contributed by atoms with Gasteiger partial charge in [0, 0.05) is 16.7 Å². The van der Waals surface area contributed by atoms with Crippen molar-refractivity contribution < 1.29 is 0 Å². The largest absolute Gasteiger partial charge is 0.228 e. The van der Waals surface area contributed by atoms with E-state index in [9.17, 15) is 0 Å². The first kappa shape index (κ1) is 27.4. The predicted octanol–water partition coefficient (Wildman–Crippen LogP) is 10.7. The molecule has 0 aliphatic carbocycles. The van der Waals surface area contributed by atoms with Crippen molar-refractivity contribution in [2.24, 2.45) is 0 Å². The molecule has 2 heteroatoms. The molecule has 0 atom stereocenters. The maximum Gasteiger partial charge on any atom is 0.160 e. The summed E-state index contributed by atoms with van der Waals surface area (Å²) in [6.45, 7) is 12.9. The fourth-order valence-corrected chi connectivity index (χ4v) is 5.64. The Bertz CT molecular complexity index is 1830. The Hall–Kier alpha value is -4.82. The van der Waals surface area contributed by atoms with Gasteiger partial charge >= 0.3 is 0 Å². The van der Waals surface area contributed by atoms with Crippen LogP contribution in [-0.2, 0) is 0 Å². The summed E-state index contributed by atoms with van der Waals surface area (Å²) >= 11 is 0. The SMILES string of the molecule is Cc1ccc(C)c(-c2cccc(-c3cc(-c4cc(C)ccc4C)nc(-c4cccc(-c5cc(C)ccc5C)c4)n3)c2)c1. The highest BCUT2D eigenvalue weighted by Gasteiger charge is 2.14. The second-order valence-corrected chi connectivity index (χ2v) is 11.6. The average molecular weight is 545 g/mol. The van der Waals surface area contributed by atoms with Crippen LogP contribution in [0.25, 0.3) is 56.2 Å². The predicted molar refractivity (Wildman–Crippen MR) is 178 cm³/mol. The minimum atomic E-state index is 0.729. The van der Waals surface area contributed by atoms with Crippen molar-refractivity contribution in [3.63, 3.8) is 0 Å². The first-order valence-electron chi connectivity index (χ1n) is 14.6. The lowest BCUT2D eigenvalue weighted by Gasteiger charge is -2.14. The molecule has 42 heavy (non-hydrogen) atoms. The summed E-state index contributed by atoms with van der Waals surface area (Å²) in [6, 6.07) is 39.3. The molecule has 6 rings (SSSR count). The number of hydrogen-bond acceptors (Lipinski definition) is 2. The molecule has 1 aromatic heterocycles. The van der Waals surface area contributed by atoms with Crippen LogP contribution in [0.1, 0.15) is 33.4 Å². The minimum Gasteiger partial charge on any atom is -0.228 e. The van der Waals surface area contributed by atoms with Crippen LogP contribution in [0.15, 0.2) is 109 Å². The lowest BCUT2D eigenvalue weighted by Crippen LogP contribution is -1.98. The van der Waals surface area contributed by atoms with E-state index in [1.54, 1.807) is 0 Å². The topological polar surface area (TPSA) is 25.8 Å². The zero-order chi connectivity index (χ0) is 29.4. The van der Waals surface area contributed by atoms with Crippen LogP contribution in [0, 0.1) is 41.5 Å². The molecule has 0 bridgehead atoms. The maximum absolute atomic E-state index is 5.19. The van der Waals surface area contributed by atoms with Gasteiger partial charge in [-0.15, -0.1) is 0 Å². The quantitative estimate of drug-likeness (QED) is 0.216. The average Bonchev–Trinajstić information content (AvgIpc) is 3.00. The molecule has 5 aromatic carbocycles. The van der Waals surface area contributed by atoms with Crippen LogP contribution < -0.4 is 0 Å². The van der Waals surface area contributed by atoms with E-state index in [2.05, 4.69) is 151 Å². The highest BCUT2D eigenvalue weighted by atomic mass is 14.9. The molecule has 0 radical (unpaired) electrons. The molecule has 0 aliphatic rings. The molecule has 6 aromatic rings. The number of benzene rings is 5. The van der Waals surface area contributed by atoms with Gasteiger partial charge in [-0.2, -0.15) is 0 Å². The Morgan fingerprint density at radius 2 is 0.786 bits per heavy atom. The summed E-state index contributed by atoms with van der Waals surface area (Å²) < 4.78 is 0. The third-order valence-corrected chi connectivity index (χ3v) is 8.08. The highest BCUT2D eigenvalue weighted by Crippen LogP contribution is 2.34. The van der Waals surface area contributed by atoms with Gasteiger partial charge in [-0.3, -0.25) is 0 Å². The van der Waals surface area contributed by atoms with E-state index in [0.29, 0.717) is 0 Å². The van der Waals surface area contributed by atoms with Gasteiger partial charge in [0.2, 0.25) is 0 Å². The van der Waals surface area contributed by atoms with E-state index in [-0.39, 0.29) is 0 Å². The summed E-state index contributed by atoms with van der Waals surface area (Å²) in [5, 5.41) is 0. The van der Waals surface area contributed by atoms with Crippen molar-refractivity contribution in [1.82, 2.24) is 9.97 Å². The second kappa shape index (κ2) is 11.2. The van der Waals surface area contributed by atoms with Gasteiger partial charge in [-0.25, -0.2) is 9.97 Å². The van der Waals surface area contributed by atoms with Crippen LogP contribution in [0.4, 0.5) is 0 Å². The Morgan fingerprint density at radius 3 is 1.36 bits per heavy atom. The minimum absolute atomic E-state index is 0.729. The molecule has 2 nitrogen and oxygen atoms in total. The van der Waals surface area contributed by atoms with E-state index >= 15 is 0 Å². The summed E-state index contributed by atoms with van der Waals surface area (Å²) in [5.74, 6) is 0.729. The third-order valence-electron chi connectivity index (χ3n) is 8.08. The lowest BCUT2D eigenvalue weighted by molar-refractivity contribution is 1.18. The molecular formula is C40H36N2. The molecule has 0 spiro atoms. The molecule has 1 heterocycles. The van der Waals surface area contributed by atoms with E-state index in [1.807, 2.05) is 0 Å². The Balaban J connectivity index is 1.54. The van der Waals surface area contributed by atoms with E-state index in [0.717, 1.165) is 33.9 Å². The van der Waals surface area contributed by atoms with Crippen molar-refractivity contribution in [3.05, 3.63) is 143 Å². The number of aryl methyl sites for hydroxylation is 6. The summed E-state index contributed by atoms with van der Waals surface area (Å²) in [5.41, 5.74) is 17.4. The van der Waals surface area contributed by atoms with Crippen molar-refractivity contribution in [1.29, 1.82) is 0 Å². The number of aromatic nitrogens is 2. The Labute approximate surface area is 249 Å². The fourth-order valence-electron chi connectivity index (χ4n) is 5.64. The first-order valence-corrected chi connectivity index (χ1v) is 14.6. The van der Waals surface area contributed by atoms with Crippen molar-refractivity contribution >= 4 is 0 Å². The third kappa shape index (κ3) is 5.53. The smallest absolute Gasteiger partial charge is 0.160 e. The molecule has 0 fully saturated rings. The van der Waals surface area contributed by atoms with Crippen LogP contribution in [-0.4, -0.2) is 9.97 Å². The molecule has 0 saturated carbocycles. The molecular weight excluding hydrogens is 508 g/mol. The van der Waals surface area contributed by atoms with Gasteiger partial charge in [-0.05, 0) is 105 Å². The number of hydrogen-bond donors (Lipinski definition) is 0. The summed E-state index contributed by atoms with van der Waals surface area (Å²) in [6.07, 6.45) is 0. The normalized spacial score (nSPS) is 11.1.